The fraction of sp³-hybridized carbons (Fsp3) is 0.370. The third-order valence-corrected chi connectivity index (χ3v) is 7.40. The van der Waals surface area contributed by atoms with Crippen molar-refractivity contribution >= 4 is 27.8 Å². The highest BCUT2D eigenvalue weighted by molar-refractivity contribution is 6.00. The van der Waals surface area contributed by atoms with E-state index in [1.165, 1.54) is 19.2 Å². The van der Waals surface area contributed by atoms with E-state index in [2.05, 4.69) is 16.3 Å². The van der Waals surface area contributed by atoms with Gasteiger partial charge in [-0.05, 0) is 43.5 Å². The normalized spacial score (nSPS) is 20.4. The molecule has 0 bridgehead atoms. The Morgan fingerprint density at radius 1 is 1.32 bits per heavy atom. The fourth-order valence-electron chi connectivity index (χ4n) is 5.35. The Morgan fingerprint density at radius 3 is 2.70 bits per heavy atom. The summed E-state index contributed by atoms with van der Waals surface area (Å²) < 4.78 is 52.0. The lowest BCUT2D eigenvalue weighted by atomic mass is 9.77. The topological polar surface area (TPSA) is 104 Å². The fourth-order valence-corrected chi connectivity index (χ4v) is 5.35. The second-order valence-electron chi connectivity index (χ2n) is 10.4. The first-order chi connectivity index (χ1) is 17.5. The van der Waals surface area contributed by atoms with Crippen LogP contribution in [0.5, 0.6) is 0 Å². The third kappa shape index (κ3) is 3.85. The number of aliphatic carboxylic acids is 1. The molecule has 4 aromatic rings. The van der Waals surface area contributed by atoms with Crippen LogP contribution in [-0.4, -0.2) is 38.0 Å². The van der Waals surface area contributed by atoms with E-state index >= 15 is 4.39 Å². The SMILES string of the molecule is CC(C)(CC#N)c1c([C@H]2CC[C@](C)(C(=O)O)OC2)c2c(F)c3[nH]ncc3cc2n1-c1ccc(F)c(F)c1. The van der Waals surface area contributed by atoms with Crippen LogP contribution in [0.15, 0.2) is 30.5 Å². The first-order valence-electron chi connectivity index (χ1n) is 11.9. The van der Waals surface area contributed by atoms with Gasteiger partial charge >= 0.3 is 5.97 Å². The molecule has 0 spiro atoms. The van der Waals surface area contributed by atoms with Crippen LogP contribution in [0.25, 0.3) is 27.5 Å². The van der Waals surface area contributed by atoms with Crippen LogP contribution in [0.2, 0.25) is 0 Å². The van der Waals surface area contributed by atoms with Gasteiger partial charge < -0.3 is 14.4 Å². The zero-order valence-corrected chi connectivity index (χ0v) is 20.5. The van der Waals surface area contributed by atoms with Gasteiger partial charge in [-0.25, -0.2) is 18.0 Å². The summed E-state index contributed by atoms with van der Waals surface area (Å²) in [5.74, 6) is -4.14. The Labute approximate surface area is 210 Å². The molecule has 2 aromatic carbocycles. The van der Waals surface area contributed by atoms with E-state index in [-0.39, 0.29) is 36.0 Å². The number of aromatic nitrogens is 3. The lowest BCUT2D eigenvalue weighted by Crippen LogP contribution is -2.43. The van der Waals surface area contributed by atoms with Gasteiger partial charge in [-0.15, -0.1) is 0 Å². The van der Waals surface area contributed by atoms with Crippen molar-refractivity contribution in [3.63, 3.8) is 0 Å². The molecule has 1 aliphatic heterocycles. The lowest BCUT2D eigenvalue weighted by molar-refractivity contribution is -0.170. The summed E-state index contributed by atoms with van der Waals surface area (Å²) in [5, 5.41) is 26.6. The van der Waals surface area contributed by atoms with Crippen LogP contribution in [0.3, 0.4) is 0 Å². The van der Waals surface area contributed by atoms with E-state index in [0.29, 0.717) is 28.6 Å². The minimum atomic E-state index is -1.37. The summed E-state index contributed by atoms with van der Waals surface area (Å²) in [4.78, 5) is 11.8. The maximum Gasteiger partial charge on any atom is 0.335 e. The average molecular weight is 511 g/mol. The summed E-state index contributed by atoms with van der Waals surface area (Å²) in [5.41, 5.74) is -0.242. The molecule has 37 heavy (non-hydrogen) atoms. The number of hydrogen-bond acceptors (Lipinski definition) is 4. The summed E-state index contributed by atoms with van der Waals surface area (Å²) >= 11 is 0. The number of carboxylic acid groups (broad SMARTS) is 1. The Bertz CT molecular complexity index is 1590. The van der Waals surface area contributed by atoms with Gasteiger partial charge in [-0.2, -0.15) is 10.4 Å². The first-order valence-corrected chi connectivity index (χ1v) is 11.9. The maximum atomic E-state index is 16.2. The standard InChI is InChI=1S/C27H25F3N4O3/c1-26(2,8-9-31)24-20(14-6-7-27(3,25(35)36)37-13-14)21-19(10-15-12-32-33-23(15)22(21)30)34(24)16-4-5-17(28)18(29)11-16/h4-5,10-12,14H,6-8,13H2,1-3H3,(H,32,33)(H,35,36)/t14-,27+/m0/s1. The molecule has 0 aliphatic carbocycles. The molecule has 1 saturated heterocycles. The molecule has 0 unspecified atom stereocenters. The predicted molar refractivity (Wildman–Crippen MR) is 130 cm³/mol. The van der Waals surface area contributed by atoms with Crippen molar-refractivity contribution in [2.24, 2.45) is 0 Å². The van der Waals surface area contributed by atoms with Gasteiger partial charge in [0.25, 0.3) is 0 Å². The van der Waals surface area contributed by atoms with Crippen LogP contribution >= 0.6 is 0 Å². The van der Waals surface area contributed by atoms with Crippen LogP contribution in [-0.2, 0) is 14.9 Å². The largest absolute Gasteiger partial charge is 0.479 e. The second kappa shape index (κ2) is 8.63. The molecule has 7 nitrogen and oxygen atoms in total. The molecule has 10 heteroatoms. The van der Waals surface area contributed by atoms with E-state index in [0.717, 1.165) is 12.1 Å². The van der Waals surface area contributed by atoms with Crippen molar-refractivity contribution in [2.75, 3.05) is 6.61 Å². The smallest absolute Gasteiger partial charge is 0.335 e. The molecule has 5 rings (SSSR count). The molecule has 2 atom stereocenters. The minimum Gasteiger partial charge on any atom is -0.479 e. The number of nitrogens with one attached hydrogen (secondary N) is 1. The van der Waals surface area contributed by atoms with Gasteiger partial charge in [-0.3, -0.25) is 5.10 Å². The van der Waals surface area contributed by atoms with E-state index in [1.54, 1.807) is 10.6 Å². The number of benzene rings is 2. The van der Waals surface area contributed by atoms with Crippen LogP contribution in [0, 0.1) is 28.8 Å². The molecular formula is C27H25F3N4O3. The Kier molecular flexibility index (Phi) is 5.79. The van der Waals surface area contributed by atoms with E-state index in [1.807, 2.05) is 13.8 Å². The van der Waals surface area contributed by atoms with Gasteiger partial charge in [0.15, 0.2) is 23.1 Å². The number of H-pyrrole nitrogens is 1. The Hall–Kier alpha value is -3.84. The number of nitriles is 1. The van der Waals surface area contributed by atoms with Crippen LogP contribution in [0.4, 0.5) is 13.2 Å². The predicted octanol–water partition coefficient (Wildman–Crippen LogP) is 5.85. The second-order valence-corrected chi connectivity index (χ2v) is 10.4. The van der Waals surface area contributed by atoms with Gasteiger partial charge in [0.05, 0.1) is 24.4 Å². The number of ether oxygens (including phenoxy) is 1. The van der Waals surface area contributed by atoms with Gasteiger partial charge in [0, 0.05) is 46.0 Å². The van der Waals surface area contributed by atoms with Crippen molar-refractivity contribution in [2.45, 2.75) is 57.0 Å². The number of hydrogen-bond donors (Lipinski definition) is 2. The number of fused-ring (bicyclic) bond motifs is 2. The van der Waals surface area contributed by atoms with Crippen molar-refractivity contribution in [3.05, 3.63) is 59.2 Å². The zero-order valence-electron chi connectivity index (χ0n) is 20.5. The van der Waals surface area contributed by atoms with Crippen molar-refractivity contribution < 1.29 is 27.8 Å². The molecule has 1 aliphatic rings. The van der Waals surface area contributed by atoms with Crippen molar-refractivity contribution in [1.82, 2.24) is 14.8 Å². The van der Waals surface area contributed by atoms with Gasteiger partial charge in [0.1, 0.15) is 5.52 Å². The van der Waals surface area contributed by atoms with Gasteiger partial charge in [0.2, 0.25) is 0 Å². The quantitative estimate of drug-likeness (QED) is 0.350. The molecule has 1 fully saturated rings. The molecule has 0 amide bonds. The number of carbonyl (C=O) groups is 1. The Balaban J connectivity index is 1.88. The highest BCUT2D eigenvalue weighted by atomic mass is 19.2. The number of halogens is 3. The number of rotatable bonds is 5. The molecule has 2 aromatic heterocycles. The molecule has 192 valence electrons. The molecule has 0 radical (unpaired) electrons. The molecule has 3 heterocycles. The molecular weight excluding hydrogens is 485 g/mol. The molecule has 2 N–H and O–H groups in total. The Morgan fingerprint density at radius 2 is 2.08 bits per heavy atom. The highest BCUT2D eigenvalue weighted by Gasteiger charge is 2.43. The van der Waals surface area contributed by atoms with Crippen LogP contribution < -0.4 is 0 Å². The minimum absolute atomic E-state index is 0.00970. The number of nitrogens with zero attached hydrogens (tertiary/aromatic N) is 3. The number of aromatic amines is 1. The highest BCUT2D eigenvalue weighted by Crippen LogP contribution is 2.47. The van der Waals surface area contributed by atoms with E-state index in [4.69, 9.17) is 4.74 Å². The summed E-state index contributed by atoms with van der Waals surface area (Å²) in [6.07, 6.45) is 2.11. The summed E-state index contributed by atoms with van der Waals surface area (Å²) in [6, 6.07) is 7.36. The first kappa shape index (κ1) is 24.8. The zero-order chi connectivity index (χ0) is 26.7. The lowest BCUT2D eigenvalue weighted by Gasteiger charge is -2.36. The van der Waals surface area contributed by atoms with Crippen molar-refractivity contribution in [1.29, 1.82) is 5.26 Å². The summed E-state index contributed by atoms with van der Waals surface area (Å²) in [6.45, 7) is 5.18. The monoisotopic (exact) mass is 510 g/mol. The maximum absolute atomic E-state index is 16.2. The third-order valence-electron chi connectivity index (χ3n) is 7.40. The van der Waals surface area contributed by atoms with Crippen LogP contribution in [0.1, 0.15) is 57.2 Å². The molecule has 0 saturated carbocycles. The average Bonchev–Trinajstić information content (AvgIpc) is 3.45. The van der Waals surface area contributed by atoms with Gasteiger partial charge in [-0.1, -0.05) is 13.8 Å². The van der Waals surface area contributed by atoms with E-state index < -0.39 is 40.4 Å². The summed E-state index contributed by atoms with van der Waals surface area (Å²) in [7, 11) is 0. The van der Waals surface area contributed by atoms with E-state index in [9.17, 15) is 23.9 Å². The van der Waals surface area contributed by atoms with Crippen molar-refractivity contribution in [3.8, 4) is 11.8 Å². The number of carboxylic acids is 1.